The Hall–Kier alpha value is -0.120. The zero-order valence-corrected chi connectivity index (χ0v) is 10.1. The van der Waals surface area contributed by atoms with Gasteiger partial charge in [0.25, 0.3) is 0 Å². The quantitative estimate of drug-likeness (QED) is 0.702. The summed E-state index contributed by atoms with van der Waals surface area (Å²) in [5.41, 5.74) is 0. The molecule has 0 aromatic rings. The number of likely N-dealkylation sites (N-methyl/N-ethyl adjacent to an activating group) is 1. The fourth-order valence-electron chi connectivity index (χ4n) is 1.95. The van der Waals surface area contributed by atoms with Crippen LogP contribution in [0.4, 0.5) is 0 Å². The van der Waals surface area contributed by atoms with Crippen molar-refractivity contribution in [2.24, 2.45) is 5.92 Å². The molecule has 0 amide bonds. The first-order chi connectivity index (χ1) is 7.36. The van der Waals surface area contributed by atoms with Gasteiger partial charge in [-0.25, -0.2) is 0 Å². The second kappa shape index (κ2) is 8.08. The Kier molecular flexibility index (Phi) is 6.98. The molecule has 1 heterocycles. The molecule has 1 atom stereocenters. The van der Waals surface area contributed by atoms with E-state index in [1.54, 1.807) is 0 Å². The lowest BCUT2D eigenvalue weighted by Gasteiger charge is -2.23. The van der Waals surface area contributed by atoms with E-state index in [0.29, 0.717) is 6.04 Å². The molecule has 1 aliphatic heterocycles. The van der Waals surface area contributed by atoms with Crippen molar-refractivity contribution in [1.29, 1.82) is 0 Å². The van der Waals surface area contributed by atoms with Gasteiger partial charge in [0.05, 0.1) is 6.61 Å². The van der Waals surface area contributed by atoms with Crippen molar-refractivity contribution in [3.8, 4) is 0 Å². The van der Waals surface area contributed by atoms with Crippen molar-refractivity contribution >= 4 is 0 Å². The van der Waals surface area contributed by atoms with E-state index >= 15 is 0 Å². The van der Waals surface area contributed by atoms with Gasteiger partial charge < -0.3 is 14.8 Å². The Morgan fingerprint density at radius 2 is 2.13 bits per heavy atom. The highest BCUT2D eigenvalue weighted by molar-refractivity contribution is 4.65. The molecule has 0 radical (unpaired) electrons. The van der Waals surface area contributed by atoms with Crippen LogP contribution < -0.4 is 5.32 Å². The van der Waals surface area contributed by atoms with Gasteiger partial charge in [0.1, 0.15) is 0 Å². The lowest BCUT2D eigenvalue weighted by atomic mass is 10.0. The smallest absolute Gasteiger partial charge is 0.0619 e. The van der Waals surface area contributed by atoms with Gasteiger partial charge in [-0.3, -0.25) is 0 Å². The van der Waals surface area contributed by atoms with Crippen molar-refractivity contribution in [2.45, 2.75) is 38.6 Å². The molecule has 90 valence electrons. The lowest BCUT2D eigenvalue weighted by Crippen LogP contribution is -2.31. The summed E-state index contributed by atoms with van der Waals surface area (Å²) in [5.74, 6) is 0.720. The second-order valence-electron chi connectivity index (χ2n) is 4.37. The van der Waals surface area contributed by atoms with Crippen molar-refractivity contribution < 1.29 is 9.47 Å². The van der Waals surface area contributed by atoms with Crippen LogP contribution in [-0.2, 0) is 9.47 Å². The first kappa shape index (κ1) is 12.9. The molecule has 1 fully saturated rings. The van der Waals surface area contributed by atoms with Gasteiger partial charge in [0.15, 0.2) is 0 Å². The zero-order chi connectivity index (χ0) is 10.9. The summed E-state index contributed by atoms with van der Waals surface area (Å²) in [7, 11) is 2.01. The van der Waals surface area contributed by atoms with Crippen molar-refractivity contribution in [2.75, 3.05) is 33.5 Å². The molecule has 1 saturated heterocycles. The van der Waals surface area contributed by atoms with Crippen molar-refractivity contribution in [3.05, 3.63) is 0 Å². The molecular formula is C12H25NO2. The van der Waals surface area contributed by atoms with E-state index in [1.807, 2.05) is 7.05 Å². The molecule has 1 aliphatic rings. The summed E-state index contributed by atoms with van der Waals surface area (Å²) >= 11 is 0. The van der Waals surface area contributed by atoms with Crippen LogP contribution in [0.15, 0.2) is 0 Å². The highest BCUT2D eigenvalue weighted by Gasteiger charge is 2.14. The van der Waals surface area contributed by atoms with Gasteiger partial charge in [-0.05, 0) is 32.2 Å². The zero-order valence-electron chi connectivity index (χ0n) is 10.1. The van der Waals surface area contributed by atoms with Crippen LogP contribution in [0.1, 0.15) is 32.6 Å². The van der Waals surface area contributed by atoms with E-state index in [-0.39, 0.29) is 0 Å². The molecule has 1 unspecified atom stereocenters. The number of hydrogen-bond acceptors (Lipinski definition) is 3. The van der Waals surface area contributed by atoms with E-state index in [0.717, 1.165) is 45.2 Å². The highest BCUT2D eigenvalue weighted by Crippen LogP contribution is 2.14. The summed E-state index contributed by atoms with van der Waals surface area (Å²) in [4.78, 5) is 0. The Balaban J connectivity index is 2.03. The number of ether oxygens (including phenoxy) is 2. The number of hydrogen-bond donors (Lipinski definition) is 1. The molecular weight excluding hydrogens is 190 g/mol. The van der Waals surface area contributed by atoms with E-state index in [2.05, 4.69) is 12.2 Å². The average molecular weight is 215 g/mol. The maximum atomic E-state index is 5.76. The van der Waals surface area contributed by atoms with Crippen LogP contribution in [0, 0.1) is 5.92 Å². The standard InChI is InChI=1S/C12H25NO2/c1-3-4-12(13-2)10-15-9-11-5-7-14-8-6-11/h11-13H,3-10H2,1-2H3. The van der Waals surface area contributed by atoms with E-state index < -0.39 is 0 Å². The van der Waals surface area contributed by atoms with Gasteiger partial charge in [-0.15, -0.1) is 0 Å². The van der Waals surface area contributed by atoms with Crippen LogP contribution in [0.25, 0.3) is 0 Å². The summed E-state index contributed by atoms with van der Waals surface area (Å²) in [6.07, 6.45) is 4.74. The normalized spacial score (nSPS) is 20.4. The molecule has 0 aromatic heterocycles. The van der Waals surface area contributed by atoms with Crippen LogP contribution in [0.5, 0.6) is 0 Å². The van der Waals surface area contributed by atoms with Gasteiger partial charge >= 0.3 is 0 Å². The first-order valence-electron chi connectivity index (χ1n) is 6.19. The molecule has 15 heavy (non-hydrogen) atoms. The van der Waals surface area contributed by atoms with E-state index in [9.17, 15) is 0 Å². The lowest BCUT2D eigenvalue weighted by molar-refractivity contribution is 0.0152. The van der Waals surface area contributed by atoms with Crippen LogP contribution in [0.2, 0.25) is 0 Å². The summed E-state index contributed by atoms with van der Waals surface area (Å²) < 4.78 is 11.1. The third kappa shape index (κ3) is 5.50. The summed E-state index contributed by atoms with van der Waals surface area (Å²) in [6.45, 7) is 5.80. The van der Waals surface area contributed by atoms with Crippen LogP contribution in [-0.4, -0.2) is 39.5 Å². The highest BCUT2D eigenvalue weighted by atomic mass is 16.5. The molecule has 3 heteroatoms. The van der Waals surface area contributed by atoms with E-state index in [1.165, 1.54) is 12.8 Å². The molecule has 1 N–H and O–H groups in total. The SMILES string of the molecule is CCCC(COCC1CCOCC1)NC. The Morgan fingerprint density at radius 3 is 2.73 bits per heavy atom. The van der Waals surface area contributed by atoms with Crippen molar-refractivity contribution in [3.63, 3.8) is 0 Å². The average Bonchev–Trinajstić information content (AvgIpc) is 2.29. The van der Waals surface area contributed by atoms with Crippen LogP contribution >= 0.6 is 0 Å². The second-order valence-corrected chi connectivity index (χ2v) is 4.37. The molecule has 0 spiro atoms. The third-order valence-corrected chi connectivity index (χ3v) is 3.06. The Morgan fingerprint density at radius 1 is 1.40 bits per heavy atom. The summed E-state index contributed by atoms with van der Waals surface area (Å²) in [5, 5.41) is 3.29. The topological polar surface area (TPSA) is 30.5 Å². The minimum atomic E-state index is 0.523. The van der Waals surface area contributed by atoms with E-state index in [4.69, 9.17) is 9.47 Å². The molecule has 1 rings (SSSR count). The molecule has 0 bridgehead atoms. The Labute approximate surface area is 93.5 Å². The van der Waals surface area contributed by atoms with Crippen molar-refractivity contribution in [1.82, 2.24) is 5.32 Å². The predicted molar refractivity (Wildman–Crippen MR) is 62.1 cm³/mol. The van der Waals surface area contributed by atoms with Gasteiger partial charge in [-0.2, -0.15) is 0 Å². The summed E-state index contributed by atoms with van der Waals surface area (Å²) in [6, 6.07) is 0.523. The van der Waals surface area contributed by atoms with Gasteiger partial charge in [0.2, 0.25) is 0 Å². The molecule has 3 nitrogen and oxygen atoms in total. The van der Waals surface area contributed by atoms with Crippen LogP contribution in [0.3, 0.4) is 0 Å². The maximum absolute atomic E-state index is 5.76. The fraction of sp³-hybridized carbons (Fsp3) is 1.00. The fourth-order valence-corrected chi connectivity index (χ4v) is 1.95. The number of rotatable bonds is 7. The molecule has 0 aromatic carbocycles. The maximum Gasteiger partial charge on any atom is 0.0619 e. The molecule has 0 saturated carbocycles. The number of nitrogens with one attached hydrogen (secondary N) is 1. The first-order valence-corrected chi connectivity index (χ1v) is 6.19. The monoisotopic (exact) mass is 215 g/mol. The largest absolute Gasteiger partial charge is 0.381 e. The third-order valence-electron chi connectivity index (χ3n) is 3.06. The Bertz CT molecular complexity index is 142. The minimum Gasteiger partial charge on any atom is -0.381 e. The minimum absolute atomic E-state index is 0.523. The van der Waals surface area contributed by atoms with Gasteiger partial charge in [0, 0.05) is 25.9 Å². The predicted octanol–water partition coefficient (Wildman–Crippen LogP) is 1.82. The molecule has 0 aliphatic carbocycles. The van der Waals surface area contributed by atoms with Gasteiger partial charge in [-0.1, -0.05) is 13.3 Å².